The molecule has 1 N–H and O–H groups in total. The van der Waals surface area contributed by atoms with Crippen LogP contribution < -0.4 is 9.62 Å². The number of aryl methyl sites for hydroxylation is 3. The molecule has 0 aliphatic heterocycles. The van der Waals surface area contributed by atoms with Crippen molar-refractivity contribution in [2.45, 2.75) is 82.8 Å². The highest BCUT2D eigenvalue weighted by Crippen LogP contribution is 2.30. The molecule has 0 aromatic heterocycles. The summed E-state index contributed by atoms with van der Waals surface area (Å²) in [6, 6.07) is 28.1. The summed E-state index contributed by atoms with van der Waals surface area (Å²) in [5.74, 6) is -0.719. The molecule has 1 aliphatic carbocycles. The maximum atomic E-state index is 14.8. The van der Waals surface area contributed by atoms with Gasteiger partial charge in [0, 0.05) is 24.0 Å². The molecule has 1 saturated carbocycles. The zero-order chi connectivity index (χ0) is 34.3. The Balaban J connectivity index is 1.58. The Morgan fingerprint density at radius 2 is 1.50 bits per heavy atom. The standard InChI is InChI=1S/C39H44ClN3O4S/c1-28-17-20-35(21-18-28)48(46,47)43(36-22-19-33(40)24-30(36)3)27-38(44)42(26-32-14-10-11-29(2)23-32)37(25-31-12-6-4-7-13-31)39(45)41-34-15-8-5-9-16-34/h4,6-7,10-14,17-24,34,37H,5,8-9,15-16,25-27H2,1-3H3,(H,41,45). The van der Waals surface area contributed by atoms with Gasteiger partial charge in [-0.05, 0) is 80.6 Å². The molecule has 0 heterocycles. The molecule has 48 heavy (non-hydrogen) atoms. The molecule has 1 atom stereocenters. The van der Waals surface area contributed by atoms with Gasteiger partial charge in [0.1, 0.15) is 12.6 Å². The maximum absolute atomic E-state index is 14.8. The van der Waals surface area contributed by atoms with Crippen molar-refractivity contribution in [3.05, 3.63) is 130 Å². The van der Waals surface area contributed by atoms with Crippen molar-refractivity contribution < 1.29 is 18.0 Å². The Hall–Kier alpha value is -4.14. The average Bonchev–Trinajstić information content (AvgIpc) is 3.06. The third kappa shape index (κ3) is 8.85. The number of carbonyl (C=O) groups is 2. The van der Waals surface area contributed by atoms with E-state index in [2.05, 4.69) is 5.32 Å². The highest BCUT2D eigenvalue weighted by atomic mass is 35.5. The first kappa shape index (κ1) is 35.2. The summed E-state index contributed by atoms with van der Waals surface area (Å²) in [5.41, 5.74) is 4.63. The van der Waals surface area contributed by atoms with Crippen molar-refractivity contribution in [2.75, 3.05) is 10.8 Å². The van der Waals surface area contributed by atoms with E-state index in [-0.39, 0.29) is 29.8 Å². The zero-order valence-corrected chi connectivity index (χ0v) is 29.4. The monoisotopic (exact) mass is 685 g/mol. The van der Waals surface area contributed by atoms with Gasteiger partial charge in [0.15, 0.2) is 0 Å². The Morgan fingerprint density at radius 3 is 2.17 bits per heavy atom. The second-order valence-electron chi connectivity index (χ2n) is 12.8. The van der Waals surface area contributed by atoms with Gasteiger partial charge in [-0.1, -0.05) is 109 Å². The molecule has 4 aromatic rings. The molecule has 252 valence electrons. The van der Waals surface area contributed by atoms with Crippen LogP contribution in [0.4, 0.5) is 5.69 Å². The normalized spacial score (nSPS) is 14.2. The van der Waals surface area contributed by atoms with Gasteiger partial charge in [0.2, 0.25) is 11.8 Å². The van der Waals surface area contributed by atoms with Crippen LogP contribution in [0.5, 0.6) is 0 Å². The summed E-state index contributed by atoms with van der Waals surface area (Å²) in [4.78, 5) is 30.7. The van der Waals surface area contributed by atoms with E-state index in [1.807, 2.05) is 68.4 Å². The van der Waals surface area contributed by atoms with E-state index in [9.17, 15) is 18.0 Å². The number of halogens is 1. The SMILES string of the molecule is Cc1ccc(S(=O)(=O)N(CC(=O)N(Cc2cccc(C)c2)C(Cc2ccccc2)C(=O)NC2CCCCC2)c2ccc(Cl)cc2C)cc1. The third-order valence-electron chi connectivity index (χ3n) is 8.97. The Morgan fingerprint density at radius 1 is 0.812 bits per heavy atom. The summed E-state index contributed by atoms with van der Waals surface area (Å²) in [6.07, 6.45) is 5.32. The van der Waals surface area contributed by atoms with Gasteiger partial charge in [-0.15, -0.1) is 0 Å². The number of nitrogens with zero attached hydrogens (tertiary/aromatic N) is 2. The van der Waals surface area contributed by atoms with Gasteiger partial charge in [0.25, 0.3) is 10.0 Å². The predicted octanol–water partition coefficient (Wildman–Crippen LogP) is 7.55. The topological polar surface area (TPSA) is 86.8 Å². The molecule has 9 heteroatoms. The summed E-state index contributed by atoms with van der Waals surface area (Å²) >= 11 is 6.28. The average molecular weight is 686 g/mol. The fourth-order valence-corrected chi connectivity index (χ4v) is 8.06. The predicted molar refractivity (Wildman–Crippen MR) is 193 cm³/mol. The van der Waals surface area contributed by atoms with Crippen LogP contribution >= 0.6 is 11.6 Å². The number of carbonyl (C=O) groups excluding carboxylic acids is 2. The van der Waals surface area contributed by atoms with Crippen LogP contribution in [0.2, 0.25) is 5.02 Å². The molecular formula is C39H44ClN3O4S. The number of sulfonamides is 1. The molecular weight excluding hydrogens is 642 g/mol. The molecule has 1 aliphatic rings. The van der Waals surface area contributed by atoms with Crippen LogP contribution in [0.25, 0.3) is 0 Å². The molecule has 0 spiro atoms. The first-order valence-electron chi connectivity index (χ1n) is 16.6. The molecule has 0 saturated heterocycles. The smallest absolute Gasteiger partial charge is 0.264 e. The first-order valence-corrected chi connectivity index (χ1v) is 18.4. The molecule has 2 amide bonds. The molecule has 5 rings (SSSR count). The molecule has 0 radical (unpaired) electrons. The first-order chi connectivity index (χ1) is 23.0. The van der Waals surface area contributed by atoms with Crippen molar-refractivity contribution in [3.63, 3.8) is 0 Å². The molecule has 1 fully saturated rings. The summed E-state index contributed by atoms with van der Waals surface area (Å²) in [6.45, 7) is 5.26. The zero-order valence-electron chi connectivity index (χ0n) is 27.9. The minimum absolute atomic E-state index is 0.0376. The van der Waals surface area contributed by atoms with Gasteiger partial charge in [-0.3, -0.25) is 13.9 Å². The minimum atomic E-state index is -4.20. The van der Waals surface area contributed by atoms with Gasteiger partial charge in [0.05, 0.1) is 10.6 Å². The fraction of sp³-hybridized carbons (Fsp3) is 0.333. The van der Waals surface area contributed by atoms with Crippen LogP contribution in [0, 0.1) is 20.8 Å². The van der Waals surface area contributed by atoms with E-state index >= 15 is 0 Å². The lowest BCUT2D eigenvalue weighted by molar-refractivity contribution is -0.140. The van der Waals surface area contributed by atoms with Crippen LogP contribution in [-0.2, 0) is 32.6 Å². The van der Waals surface area contributed by atoms with Gasteiger partial charge >= 0.3 is 0 Å². The second kappa shape index (κ2) is 15.8. The van der Waals surface area contributed by atoms with E-state index in [1.54, 1.807) is 54.3 Å². The second-order valence-corrected chi connectivity index (χ2v) is 15.1. The van der Waals surface area contributed by atoms with Crippen molar-refractivity contribution in [1.29, 1.82) is 0 Å². The van der Waals surface area contributed by atoms with Gasteiger partial charge in [-0.25, -0.2) is 8.42 Å². The van der Waals surface area contributed by atoms with Crippen LogP contribution in [-0.4, -0.2) is 43.8 Å². The van der Waals surface area contributed by atoms with Gasteiger partial charge in [-0.2, -0.15) is 0 Å². The van der Waals surface area contributed by atoms with E-state index in [1.165, 1.54) is 0 Å². The van der Waals surface area contributed by atoms with Crippen molar-refractivity contribution in [2.24, 2.45) is 0 Å². The summed E-state index contributed by atoms with van der Waals surface area (Å²) in [7, 11) is -4.20. The molecule has 4 aromatic carbocycles. The van der Waals surface area contributed by atoms with E-state index in [4.69, 9.17) is 11.6 Å². The minimum Gasteiger partial charge on any atom is -0.352 e. The van der Waals surface area contributed by atoms with Crippen molar-refractivity contribution in [1.82, 2.24) is 10.2 Å². The number of rotatable bonds is 12. The molecule has 1 unspecified atom stereocenters. The van der Waals surface area contributed by atoms with E-state index in [0.717, 1.165) is 58.7 Å². The van der Waals surface area contributed by atoms with Crippen LogP contribution in [0.15, 0.2) is 102 Å². The van der Waals surface area contributed by atoms with Crippen LogP contribution in [0.1, 0.15) is 59.9 Å². The third-order valence-corrected chi connectivity index (χ3v) is 11.0. The largest absolute Gasteiger partial charge is 0.352 e. The molecule has 7 nitrogen and oxygen atoms in total. The Labute approximate surface area is 290 Å². The van der Waals surface area contributed by atoms with Crippen LogP contribution in [0.3, 0.4) is 0 Å². The molecule has 0 bridgehead atoms. The number of nitrogens with one attached hydrogen (secondary N) is 1. The lowest BCUT2D eigenvalue weighted by atomic mass is 9.94. The van der Waals surface area contributed by atoms with E-state index in [0.29, 0.717) is 16.3 Å². The van der Waals surface area contributed by atoms with E-state index < -0.39 is 28.5 Å². The number of hydrogen-bond donors (Lipinski definition) is 1. The number of anilines is 1. The Kier molecular flexibility index (Phi) is 11.6. The number of hydrogen-bond acceptors (Lipinski definition) is 4. The number of benzene rings is 4. The lowest BCUT2D eigenvalue weighted by Crippen LogP contribution is -2.55. The maximum Gasteiger partial charge on any atom is 0.264 e. The highest BCUT2D eigenvalue weighted by Gasteiger charge is 2.36. The number of amides is 2. The summed E-state index contributed by atoms with van der Waals surface area (Å²) < 4.78 is 29.8. The Bertz CT molecular complexity index is 1820. The quantitative estimate of drug-likeness (QED) is 0.167. The summed E-state index contributed by atoms with van der Waals surface area (Å²) in [5, 5.41) is 3.71. The van der Waals surface area contributed by atoms with Gasteiger partial charge < -0.3 is 10.2 Å². The van der Waals surface area contributed by atoms with Crippen molar-refractivity contribution >= 4 is 39.1 Å². The fourth-order valence-electron chi connectivity index (χ4n) is 6.35. The lowest BCUT2D eigenvalue weighted by Gasteiger charge is -2.35. The highest BCUT2D eigenvalue weighted by molar-refractivity contribution is 7.92. The van der Waals surface area contributed by atoms with Crippen molar-refractivity contribution in [3.8, 4) is 0 Å².